The molecular formula is C95H74N4OSi2. The maximum atomic E-state index is 11.5. The number of imidazole rings is 1. The fourth-order valence-corrected chi connectivity index (χ4v) is 20.7. The molecule has 0 aliphatic heterocycles. The van der Waals surface area contributed by atoms with Crippen molar-refractivity contribution in [2.24, 2.45) is 0 Å². The molecule has 0 amide bonds. The molecule has 17 rings (SSSR count). The van der Waals surface area contributed by atoms with E-state index in [1.165, 1.54) is 41.0 Å². The number of ether oxygens (including phenoxy) is 1. The lowest BCUT2D eigenvalue weighted by molar-refractivity contribution is -0.570. The number of para-hydroxylation sites is 2. The second kappa shape index (κ2) is 26.4. The van der Waals surface area contributed by atoms with Crippen molar-refractivity contribution in [3.63, 3.8) is 0 Å². The second-order valence-corrected chi connectivity index (χ2v) is 31.5. The summed E-state index contributed by atoms with van der Waals surface area (Å²) in [5, 5.41) is -8.09. The van der Waals surface area contributed by atoms with E-state index in [2.05, 4.69) is 6.33 Å². The Morgan fingerprint density at radius 1 is 0.422 bits per heavy atom. The van der Waals surface area contributed by atoms with Gasteiger partial charge in [-0.1, -0.05) is 335 Å². The molecule has 7 heteroatoms. The van der Waals surface area contributed by atoms with Crippen molar-refractivity contribution in [3.05, 3.63) is 393 Å². The molecule has 488 valence electrons. The number of fused-ring (bicyclic) bond motifs is 4. The van der Waals surface area contributed by atoms with Crippen LogP contribution in [0.4, 0.5) is 0 Å². The van der Waals surface area contributed by atoms with Crippen LogP contribution in [-0.4, -0.2) is 30.3 Å². The summed E-state index contributed by atoms with van der Waals surface area (Å²) in [6, 6.07) is -13.1. The fourth-order valence-electron chi connectivity index (χ4n) is 13.2. The Hall–Kier alpha value is -12.3. The summed E-state index contributed by atoms with van der Waals surface area (Å²) in [6.45, 7) is 2.95. The van der Waals surface area contributed by atoms with Crippen LogP contribution in [0.25, 0.3) is 83.4 Å². The number of aromatic nitrogens is 4. The normalized spacial score (nSPS) is 17.8. The van der Waals surface area contributed by atoms with E-state index < -0.39 is 334 Å². The number of hydrogen-bond acceptors (Lipinski definition) is 2. The standard InChI is InChI=1S/C95H74N4OSi2/c1-68-61-93(96-66-87(68)70-31-12-5-13-32-70)99-88-51-27-26-49-85(88)86-59-58-76(65-90(86)99)100-75-35-29-34-74(64-75)97-67-98(89-60-55-71(63-91(89)97)69-53-56-73(57-54-69)95(2,3)4)94-84(50-30-52-92(94)102(80-42-20-9-21-43-80,81-44-22-10-23-45-81)82-46-24-11-25-47-82)72-33-28-48-83(62-72)101(77-36-14-6-15-37-77,78-38-16-7-17-39-78)79-40-18-8-19-41-79/h5-66H,1-4H3/i1D3,5D,6D,7D,8D,9D,10D,11D,12D,13D,14D,15D,16D,17D,18D,19D,20D,21D,22D,23D,24D,25D,28D,31D,32D,33D,36D,37D,38D,39D,40D,41D,42D,43D,44D,45D,46D,47D,48D,62D. The van der Waals surface area contributed by atoms with Crippen molar-refractivity contribution in [3.8, 4) is 62.1 Å². The van der Waals surface area contributed by atoms with E-state index in [1.807, 2.05) is 45.0 Å². The smallest absolute Gasteiger partial charge is 0.269 e. The van der Waals surface area contributed by atoms with Gasteiger partial charge in [-0.3, -0.25) is 13.7 Å². The maximum absolute atomic E-state index is 11.5. The van der Waals surface area contributed by atoms with Gasteiger partial charge in [-0.15, -0.1) is 0 Å². The van der Waals surface area contributed by atoms with E-state index >= 15 is 0 Å². The maximum Gasteiger partial charge on any atom is 0.269 e. The minimum atomic E-state index is -6.84. The van der Waals surface area contributed by atoms with Gasteiger partial charge in [0, 0.05) is 32.7 Å². The quantitative estimate of drug-likeness (QED) is 0.0418. The molecule has 0 unspecified atom stereocenters. The first kappa shape index (κ1) is 32.4. The molecule has 0 bridgehead atoms. The molecule has 3 heterocycles. The van der Waals surface area contributed by atoms with E-state index in [-0.39, 0.29) is 39.6 Å². The Bertz CT molecular complexity index is 7990. The molecule has 0 radical (unpaired) electrons. The molecule has 0 atom stereocenters. The average molecular weight is 1390 g/mol. The summed E-state index contributed by atoms with van der Waals surface area (Å²) in [5.74, 6) is 0.0782. The van der Waals surface area contributed by atoms with Crippen LogP contribution < -0.4 is 50.8 Å². The highest BCUT2D eigenvalue weighted by atomic mass is 28.3. The zero-order chi connectivity index (χ0) is 105. The molecule has 102 heavy (non-hydrogen) atoms. The van der Waals surface area contributed by atoms with Crippen LogP contribution in [0.5, 0.6) is 11.5 Å². The highest BCUT2D eigenvalue weighted by molar-refractivity contribution is 7.20. The first-order valence-electron chi connectivity index (χ1n) is 52.7. The van der Waals surface area contributed by atoms with Crippen molar-refractivity contribution in [2.75, 3.05) is 0 Å². The summed E-state index contributed by atoms with van der Waals surface area (Å²) in [7, 11) is -13.6. The van der Waals surface area contributed by atoms with E-state index in [0.717, 1.165) is 34.5 Å². The predicted octanol–water partition coefficient (Wildman–Crippen LogP) is 17.4. The van der Waals surface area contributed by atoms with Gasteiger partial charge in [0.2, 0.25) is 0 Å². The van der Waals surface area contributed by atoms with Crippen LogP contribution in [-0.2, 0) is 5.41 Å². The zero-order valence-corrected chi connectivity index (χ0v) is 56.0. The van der Waals surface area contributed by atoms with Gasteiger partial charge < -0.3 is 4.74 Å². The lowest BCUT2D eigenvalue weighted by Gasteiger charge is -2.37. The van der Waals surface area contributed by atoms with Crippen LogP contribution in [0.3, 0.4) is 0 Å². The predicted molar refractivity (Wildman–Crippen MR) is 429 cm³/mol. The number of aryl methyl sites for hydroxylation is 1. The average Bonchev–Trinajstić information content (AvgIpc) is 0.960. The lowest BCUT2D eigenvalue weighted by Crippen LogP contribution is -2.76. The minimum Gasteiger partial charge on any atom is -0.458 e. The van der Waals surface area contributed by atoms with Crippen LogP contribution in [0.2, 0.25) is 0 Å². The third kappa shape index (κ3) is 11.1. The van der Waals surface area contributed by atoms with E-state index in [1.54, 1.807) is 59.2 Å². The topological polar surface area (TPSA) is 35.9 Å². The fraction of sp³-hybridized carbons (Fsp3) is 0.0526. The van der Waals surface area contributed by atoms with Gasteiger partial charge in [0.15, 0.2) is 16.1 Å². The number of pyridine rings is 1. The van der Waals surface area contributed by atoms with Gasteiger partial charge in [-0.25, -0.2) is 4.98 Å². The molecule has 0 aliphatic carbocycles. The molecule has 5 nitrogen and oxygen atoms in total. The Morgan fingerprint density at radius 2 is 0.951 bits per heavy atom. The third-order valence-electron chi connectivity index (χ3n) is 17.8. The third-order valence-corrected chi connectivity index (χ3v) is 26.0. The van der Waals surface area contributed by atoms with Crippen LogP contribution >= 0.6 is 0 Å². The van der Waals surface area contributed by atoms with Crippen molar-refractivity contribution < 1.29 is 66.9 Å². The van der Waals surface area contributed by atoms with Crippen molar-refractivity contribution in [1.29, 1.82) is 0 Å². The van der Waals surface area contributed by atoms with Crippen LogP contribution in [0.1, 0.15) is 89.5 Å². The van der Waals surface area contributed by atoms with Gasteiger partial charge in [0.25, 0.3) is 6.33 Å². The molecule has 14 aromatic carbocycles. The zero-order valence-electron chi connectivity index (χ0n) is 96.0. The van der Waals surface area contributed by atoms with Gasteiger partial charge >= 0.3 is 0 Å². The molecule has 0 saturated heterocycles. The van der Waals surface area contributed by atoms with Crippen molar-refractivity contribution >= 4 is 90.5 Å². The summed E-state index contributed by atoms with van der Waals surface area (Å²) in [5.41, 5.74) is -1.73. The molecule has 0 saturated carbocycles. The van der Waals surface area contributed by atoms with Gasteiger partial charge in [-0.2, -0.15) is 0 Å². The van der Waals surface area contributed by atoms with E-state index in [4.69, 9.17) is 24.8 Å². The summed E-state index contributed by atoms with van der Waals surface area (Å²) >= 11 is 0. The summed E-state index contributed by atoms with van der Waals surface area (Å²) in [6.07, 6.45) is 4.47. The van der Waals surface area contributed by atoms with Crippen molar-refractivity contribution in [1.82, 2.24) is 14.1 Å². The largest absolute Gasteiger partial charge is 0.458 e. The first-order chi connectivity index (χ1) is 67.5. The molecule has 0 aliphatic rings. The second-order valence-electron chi connectivity index (χ2n) is 24.5. The Labute approximate surface area is 657 Å². The highest BCUT2D eigenvalue weighted by Gasteiger charge is 2.45. The van der Waals surface area contributed by atoms with E-state index in [9.17, 15) is 42.5 Å². The molecular weight excluding hydrogens is 1270 g/mol. The number of rotatable bonds is 16. The highest BCUT2D eigenvalue weighted by Crippen LogP contribution is 2.38. The molecule has 0 N–H and O–H groups in total. The minimum absolute atomic E-state index is 0.000716. The summed E-state index contributed by atoms with van der Waals surface area (Å²) < 4.78 is 415. The monoisotopic (exact) mass is 1380 g/mol. The van der Waals surface area contributed by atoms with Gasteiger partial charge in [-0.05, 0) is 141 Å². The Morgan fingerprint density at radius 3 is 1.55 bits per heavy atom. The Balaban J connectivity index is 1.06. The summed E-state index contributed by atoms with van der Waals surface area (Å²) in [4.78, 5) is 4.72. The molecule has 0 fully saturated rings. The number of hydrogen-bond donors (Lipinski definition) is 0. The van der Waals surface area contributed by atoms with E-state index in [0.29, 0.717) is 32.9 Å². The number of benzene rings is 14. The Kier molecular flexibility index (Phi) is 8.39. The number of nitrogens with zero attached hydrogens (tertiary/aromatic N) is 4. The van der Waals surface area contributed by atoms with Gasteiger partial charge in [0.1, 0.15) is 17.3 Å². The molecule has 3 aromatic heterocycles. The van der Waals surface area contributed by atoms with Crippen LogP contribution in [0, 0.1) is 13.2 Å². The SMILES string of the molecule is [2H]c1c([2H])c([2H])c(-c2cnc(-n3c4ccccc4c4ccc(Oc5cccc(-n6[c-][n+](-c7c(-c8c([2H])c([2H])c([2H])c([Si](c9c([2H])c([2H])c([2H])c([2H])c9[2H])(c9c([2H])c([2H])c([2H])c([2H])c9[2H])c9c([2H])c([2H])c([2H])c([2H])c9[2H])c8[2H])cccc7[Si](c7c([2H])c([2H])c([2H])c([2H])c7[2H])(c7c([2H])c([2H])c([2H])c([2H])c7[2H])c7c([2H])c([2H])c([2H])c([2H])c7[2H])c7ccc(-c8ccc(C(C)(C)C)cc8)cc76)c5)cc43)cc2C([2H])([2H])[2H])c([2H])c1[2H]. The first-order valence-corrected chi connectivity index (χ1v) is 35.7. The van der Waals surface area contributed by atoms with Gasteiger partial charge in [0.05, 0.1) is 86.9 Å². The lowest BCUT2D eigenvalue weighted by atomic mass is 9.86. The molecule has 17 aromatic rings. The van der Waals surface area contributed by atoms with Crippen LogP contribution in [0.15, 0.2) is 375 Å². The molecule has 0 spiro atoms. The van der Waals surface area contributed by atoms with Crippen molar-refractivity contribution in [2.45, 2.75) is 33.0 Å².